The molecule has 6 heteroatoms. The van der Waals surface area contributed by atoms with Crippen molar-refractivity contribution in [2.45, 2.75) is 6.42 Å². The maximum absolute atomic E-state index is 12.5. The van der Waals surface area contributed by atoms with Crippen LogP contribution in [-0.4, -0.2) is 56.3 Å². The van der Waals surface area contributed by atoms with Gasteiger partial charge in [0.1, 0.15) is 4.99 Å². The third-order valence-corrected chi connectivity index (χ3v) is 3.28. The molecule has 0 radical (unpaired) electrons. The first-order chi connectivity index (χ1) is 10.1. The predicted octanol–water partition coefficient (Wildman–Crippen LogP) is 1.45. The second-order valence-electron chi connectivity index (χ2n) is 4.57. The van der Waals surface area contributed by atoms with Crippen LogP contribution in [-0.2, 0) is 9.47 Å². The maximum atomic E-state index is 12.5. The van der Waals surface area contributed by atoms with Crippen molar-refractivity contribution in [3.8, 4) is 0 Å². The Hall–Kier alpha value is -1.50. The summed E-state index contributed by atoms with van der Waals surface area (Å²) >= 11 is 4.90. The van der Waals surface area contributed by atoms with Crippen molar-refractivity contribution in [2.24, 2.45) is 5.73 Å². The molecule has 21 heavy (non-hydrogen) atoms. The molecule has 1 amide bonds. The van der Waals surface area contributed by atoms with Gasteiger partial charge in [-0.25, -0.2) is 0 Å². The van der Waals surface area contributed by atoms with Gasteiger partial charge in [-0.3, -0.25) is 4.79 Å². The maximum Gasteiger partial charge on any atom is 0.253 e. The minimum absolute atomic E-state index is 0.0300. The zero-order valence-corrected chi connectivity index (χ0v) is 13.3. The fourth-order valence-corrected chi connectivity index (χ4v) is 2.01. The van der Waals surface area contributed by atoms with Gasteiger partial charge in [-0.15, -0.1) is 0 Å². The largest absolute Gasteiger partial charge is 0.389 e. The SMILES string of the molecule is COCCCN(CCOC)C(=O)c1ccc(C(N)=S)cc1. The molecule has 1 rings (SSSR count). The molecule has 1 aromatic rings. The number of amides is 1. The van der Waals surface area contributed by atoms with Crippen LogP contribution in [0, 0.1) is 0 Å². The minimum Gasteiger partial charge on any atom is -0.389 e. The number of thiocarbonyl (C=S) groups is 1. The van der Waals surface area contributed by atoms with E-state index in [-0.39, 0.29) is 5.91 Å². The van der Waals surface area contributed by atoms with Gasteiger partial charge in [-0.2, -0.15) is 0 Å². The van der Waals surface area contributed by atoms with Gasteiger partial charge < -0.3 is 20.1 Å². The number of methoxy groups -OCH3 is 2. The Balaban J connectivity index is 2.75. The number of carbonyl (C=O) groups is 1. The molecule has 1 aromatic carbocycles. The van der Waals surface area contributed by atoms with Crippen molar-refractivity contribution in [3.05, 3.63) is 35.4 Å². The molecule has 0 atom stereocenters. The molecule has 0 spiro atoms. The summed E-state index contributed by atoms with van der Waals surface area (Å²) in [6.07, 6.45) is 0.789. The summed E-state index contributed by atoms with van der Waals surface area (Å²) in [5.74, 6) is -0.0300. The number of nitrogens with two attached hydrogens (primary N) is 1. The van der Waals surface area contributed by atoms with Crippen LogP contribution in [0.3, 0.4) is 0 Å². The van der Waals surface area contributed by atoms with Crippen LogP contribution in [0.1, 0.15) is 22.3 Å². The van der Waals surface area contributed by atoms with E-state index in [0.717, 1.165) is 12.0 Å². The van der Waals surface area contributed by atoms with Crippen LogP contribution >= 0.6 is 12.2 Å². The average molecular weight is 310 g/mol. The number of nitrogens with zero attached hydrogens (tertiary/aromatic N) is 1. The normalized spacial score (nSPS) is 10.4. The van der Waals surface area contributed by atoms with Gasteiger partial charge in [0.2, 0.25) is 0 Å². The van der Waals surface area contributed by atoms with Crippen LogP contribution in [0.2, 0.25) is 0 Å². The van der Waals surface area contributed by atoms with Gasteiger partial charge in [0.25, 0.3) is 5.91 Å². The van der Waals surface area contributed by atoms with E-state index in [0.29, 0.717) is 36.9 Å². The quantitative estimate of drug-likeness (QED) is 0.552. The predicted molar refractivity (Wildman–Crippen MR) is 86.6 cm³/mol. The van der Waals surface area contributed by atoms with Crippen molar-refractivity contribution in [1.82, 2.24) is 4.90 Å². The topological polar surface area (TPSA) is 64.8 Å². The van der Waals surface area contributed by atoms with Gasteiger partial charge in [0, 0.05) is 45.0 Å². The number of benzene rings is 1. The molecule has 0 bridgehead atoms. The molecule has 0 saturated heterocycles. The van der Waals surface area contributed by atoms with Crippen molar-refractivity contribution in [3.63, 3.8) is 0 Å². The van der Waals surface area contributed by atoms with Crippen LogP contribution < -0.4 is 5.73 Å². The Labute approximate surface area is 131 Å². The molecular formula is C15H22N2O3S. The third kappa shape index (κ3) is 5.79. The number of ether oxygens (including phenoxy) is 2. The number of carbonyl (C=O) groups excluding carboxylic acids is 1. The van der Waals surface area contributed by atoms with E-state index < -0.39 is 0 Å². The summed E-state index contributed by atoms with van der Waals surface area (Å²) < 4.78 is 10.1. The zero-order valence-electron chi connectivity index (χ0n) is 12.5. The van der Waals surface area contributed by atoms with Crippen LogP contribution in [0.25, 0.3) is 0 Å². The van der Waals surface area contributed by atoms with Crippen molar-refractivity contribution in [2.75, 3.05) is 40.5 Å². The van der Waals surface area contributed by atoms with Crippen molar-refractivity contribution in [1.29, 1.82) is 0 Å². The first-order valence-electron chi connectivity index (χ1n) is 6.77. The lowest BCUT2D eigenvalue weighted by molar-refractivity contribution is 0.0674. The monoisotopic (exact) mass is 310 g/mol. The Kier molecular flexibility index (Phi) is 7.89. The Morgan fingerprint density at radius 2 is 1.67 bits per heavy atom. The summed E-state index contributed by atoms with van der Waals surface area (Å²) in [6.45, 7) is 2.31. The van der Waals surface area contributed by atoms with E-state index in [4.69, 9.17) is 27.4 Å². The van der Waals surface area contributed by atoms with Gasteiger partial charge in [0.15, 0.2) is 0 Å². The van der Waals surface area contributed by atoms with Gasteiger partial charge in [-0.1, -0.05) is 24.4 Å². The van der Waals surface area contributed by atoms with Crippen LogP contribution in [0.15, 0.2) is 24.3 Å². The second-order valence-corrected chi connectivity index (χ2v) is 5.01. The standard InChI is InChI=1S/C15H22N2O3S/c1-19-10-3-8-17(9-11-20-2)15(18)13-6-4-12(5-7-13)14(16)21/h4-7H,3,8-11H2,1-2H3,(H2,16,21). The van der Waals surface area contributed by atoms with Crippen molar-refractivity contribution < 1.29 is 14.3 Å². The van der Waals surface area contributed by atoms with E-state index in [9.17, 15) is 4.79 Å². The molecular weight excluding hydrogens is 288 g/mol. The molecule has 0 saturated carbocycles. The number of rotatable bonds is 9. The first kappa shape index (κ1) is 17.6. The lowest BCUT2D eigenvalue weighted by Crippen LogP contribution is -2.35. The highest BCUT2D eigenvalue weighted by Crippen LogP contribution is 2.09. The smallest absolute Gasteiger partial charge is 0.253 e. The summed E-state index contributed by atoms with van der Waals surface area (Å²) in [4.78, 5) is 14.6. The van der Waals surface area contributed by atoms with E-state index in [1.165, 1.54) is 0 Å². The number of hydrogen-bond donors (Lipinski definition) is 1. The molecule has 0 aliphatic heterocycles. The third-order valence-electron chi connectivity index (χ3n) is 3.05. The van der Waals surface area contributed by atoms with Crippen molar-refractivity contribution >= 4 is 23.1 Å². The average Bonchev–Trinajstić information content (AvgIpc) is 2.50. The molecule has 0 heterocycles. The van der Waals surface area contributed by atoms with E-state index in [2.05, 4.69) is 0 Å². The molecule has 116 valence electrons. The lowest BCUT2D eigenvalue weighted by Gasteiger charge is -2.22. The van der Waals surface area contributed by atoms with E-state index in [1.54, 1.807) is 43.4 Å². The number of hydrogen-bond acceptors (Lipinski definition) is 4. The van der Waals surface area contributed by atoms with Crippen LogP contribution in [0.5, 0.6) is 0 Å². The molecule has 0 aliphatic rings. The fraction of sp³-hybridized carbons (Fsp3) is 0.467. The fourth-order valence-electron chi connectivity index (χ4n) is 1.88. The Morgan fingerprint density at radius 1 is 1.10 bits per heavy atom. The summed E-state index contributed by atoms with van der Waals surface area (Å²) in [7, 11) is 3.27. The Morgan fingerprint density at radius 3 is 2.19 bits per heavy atom. The highest BCUT2D eigenvalue weighted by Gasteiger charge is 2.15. The second kappa shape index (κ2) is 9.44. The molecule has 0 aliphatic carbocycles. The van der Waals surface area contributed by atoms with Gasteiger partial charge >= 0.3 is 0 Å². The Bertz CT molecular complexity index is 462. The summed E-state index contributed by atoms with van der Waals surface area (Å²) in [5, 5.41) is 0. The first-order valence-corrected chi connectivity index (χ1v) is 7.18. The van der Waals surface area contributed by atoms with Gasteiger partial charge in [0.05, 0.1) is 6.61 Å². The highest BCUT2D eigenvalue weighted by molar-refractivity contribution is 7.80. The lowest BCUT2D eigenvalue weighted by atomic mass is 10.1. The zero-order chi connectivity index (χ0) is 15.7. The van der Waals surface area contributed by atoms with E-state index in [1.807, 2.05) is 0 Å². The molecule has 0 fully saturated rings. The summed E-state index contributed by atoms with van der Waals surface area (Å²) in [5.41, 5.74) is 6.92. The minimum atomic E-state index is -0.0300. The molecule has 0 unspecified atom stereocenters. The van der Waals surface area contributed by atoms with Gasteiger partial charge in [-0.05, 0) is 18.6 Å². The summed E-state index contributed by atoms with van der Waals surface area (Å²) in [6, 6.07) is 7.01. The highest BCUT2D eigenvalue weighted by atomic mass is 32.1. The van der Waals surface area contributed by atoms with E-state index >= 15 is 0 Å². The van der Waals surface area contributed by atoms with Crippen LogP contribution in [0.4, 0.5) is 0 Å². The molecule has 5 nitrogen and oxygen atoms in total. The molecule has 2 N–H and O–H groups in total. The molecule has 0 aromatic heterocycles.